The van der Waals surface area contributed by atoms with Crippen LogP contribution in [0.4, 0.5) is 5.69 Å². The van der Waals surface area contributed by atoms with Crippen LogP contribution in [0.3, 0.4) is 0 Å². The number of halogens is 1. The minimum Gasteiger partial charge on any atom is -0.493 e. The molecule has 0 aliphatic heterocycles. The molecular formula is C24H25ClN2O5S. The van der Waals surface area contributed by atoms with Gasteiger partial charge in [0, 0.05) is 11.1 Å². The highest BCUT2D eigenvalue weighted by molar-refractivity contribution is 7.92. The maximum absolute atomic E-state index is 13.6. The second kappa shape index (κ2) is 10.6. The Labute approximate surface area is 198 Å². The zero-order valence-corrected chi connectivity index (χ0v) is 20.1. The molecule has 0 spiro atoms. The summed E-state index contributed by atoms with van der Waals surface area (Å²) in [4.78, 5) is 12.8. The lowest BCUT2D eigenvalue weighted by molar-refractivity contribution is -0.120. The minimum absolute atomic E-state index is 0.0426. The van der Waals surface area contributed by atoms with Crippen LogP contribution in [-0.4, -0.2) is 35.1 Å². The van der Waals surface area contributed by atoms with E-state index < -0.39 is 22.5 Å². The molecule has 0 bridgehead atoms. The Morgan fingerprint density at radius 3 is 2.21 bits per heavy atom. The number of amides is 1. The predicted molar refractivity (Wildman–Crippen MR) is 129 cm³/mol. The summed E-state index contributed by atoms with van der Waals surface area (Å²) in [6, 6.07) is 19.6. The molecule has 1 N–H and O–H groups in total. The number of carbonyl (C=O) groups excluding carboxylic acids is 1. The molecular weight excluding hydrogens is 464 g/mol. The summed E-state index contributed by atoms with van der Waals surface area (Å²) < 4.78 is 38.7. The van der Waals surface area contributed by atoms with Crippen molar-refractivity contribution < 1.29 is 22.7 Å². The van der Waals surface area contributed by atoms with Crippen molar-refractivity contribution in [1.29, 1.82) is 0 Å². The Bertz CT molecular complexity index is 1200. The number of nitrogens with one attached hydrogen (secondary N) is 1. The second-order valence-electron chi connectivity index (χ2n) is 7.20. The average molecular weight is 489 g/mol. The van der Waals surface area contributed by atoms with E-state index in [0.29, 0.717) is 16.5 Å². The summed E-state index contributed by atoms with van der Waals surface area (Å²) in [5.74, 6) is 0.200. The Balaban J connectivity index is 1.94. The van der Waals surface area contributed by atoms with Gasteiger partial charge in [-0.3, -0.25) is 9.10 Å². The van der Waals surface area contributed by atoms with Crippen molar-refractivity contribution in [3.8, 4) is 11.5 Å². The monoisotopic (exact) mass is 488 g/mol. The van der Waals surface area contributed by atoms with Gasteiger partial charge < -0.3 is 14.8 Å². The summed E-state index contributed by atoms with van der Waals surface area (Å²) in [7, 11) is -1.24. The van der Waals surface area contributed by atoms with Crippen molar-refractivity contribution in [1.82, 2.24) is 5.32 Å². The lowest BCUT2D eigenvalue weighted by Crippen LogP contribution is -2.41. The summed E-state index contributed by atoms with van der Waals surface area (Å²) in [5, 5.41) is 3.30. The highest BCUT2D eigenvalue weighted by Gasteiger charge is 2.29. The zero-order chi connectivity index (χ0) is 24.0. The van der Waals surface area contributed by atoms with Gasteiger partial charge >= 0.3 is 0 Å². The number of benzene rings is 3. The molecule has 0 heterocycles. The van der Waals surface area contributed by atoms with E-state index in [2.05, 4.69) is 5.32 Å². The normalized spacial score (nSPS) is 12.0. The van der Waals surface area contributed by atoms with Crippen molar-refractivity contribution in [3.63, 3.8) is 0 Å². The molecule has 1 atom stereocenters. The van der Waals surface area contributed by atoms with E-state index >= 15 is 0 Å². The van der Waals surface area contributed by atoms with Gasteiger partial charge in [0.2, 0.25) is 5.91 Å². The third-order valence-electron chi connectivity index (χ3n) is 5.02. The van der Waals surface area contributed by atoms with Crippen LogP contribution in [0.25, 0.3) is 0 Å². The van der Waals surface area contributed by atoms with Crippen molar-refractivity contribution in [3.05, 3.63) is 83.4 Å². The van der Waals surface area contributed by atoms with Crippen molar-refractivity contribution in [2.75, 3.05) is 25.1 Å². The summed E-state index contributed by atoms with van der Waals surface area (Å²) in [6.07, 6.45) is 0. The first-order valence-electron chi connectivity index (χ1n) is 10.1. The van der Waals surface area contributed by atoms with Crippen molar-refractivity contribution in [2.24, 2.45) is 0 Å². The zero-order valence-electron chi connectivity index (χ0n) is 18.5. The number of sulfonamides is 1. The van der Waals surface area contributed by atoms with Gasteiger partial charge in [0.05, 0.1) is 30.8 Å². The van der Waals surface area contributed by atoms with E-state index in [1.807, 2.05) is 37.3 Å². The first-order chi connectivity index (χ1) is 15.8. The summed E-state index contributed by atoms with van der Waals surface area (Å²) in [6.45, 7) is 1.41. The smallest absolute Gasteiger partial charge is 0.264 e. The number of rotatable bonds is 9. The fourth-order valence-electron chi connectivity index (χ4n) is 3.27. The van der Waals surface area contributed by atoms with Crippen LogP contribution in [0.5, 0.6) is 11.5 Å². The van der Waals surface area contributed by atoms with Gasteiger partial charge in [-0.25, -0.2) is 8.42 Å². The van der Waals surface area contributed by atoms with E-state index in [4.69, 9.17) is 21.1 Å². The van der Waals surface area contributed by atoms with E-state index in [-0.39, 0.29) is 16.7 Å². The number of methoxy groups -OCH3 is 2. The van der Waals surface area contributed by atoms with Gasteiger partial charge in [0.15, 0.2) is 11.5 Å². The molecule has 0 aromatic heterocycles. The van der Waals surface area contributed by atoms with Gasteiger partial charge in [-0.05, 0) is 48.9 Å². The van der Waals surface area contributed by atoms with Crippen LogP contribution in [0, 0.1) is 0 Å². The highest BCUT2D eigenvalue weighted by atomic mass is 35.5. The molecule has 9 heteroatoms. The molecule has 0 aliphatic rings. The fourth-order valence-corrected chi connectivity index (χ4v) is 4.83. The Hall–Kier alpha value is -3.23. The Morgan fingerprint density at radius 2 is 1.61 bits per heavy atom. The lowest BCUT2D eigenvalue weighted by Gasteiger charge is -2.25. The van der Waals surface area contributed by atoms with Crippen LogP contribution in [0.1, 0.15) is 18.5 Å². The van der Waals surface area contributed by atoms with E-state index in [1.54, 1.807) is 24.3 Å². The molecule has 33 heavy (non-hydrogen) atoms. The van der Waals surface area contributed by atoms with Crippen molar-refractivity contribution >= 4 is 33.2 Å². The van der Waals surface area contributed by atoms with Gasteiger partial charge in [0.1, 0.15) is 6.54 Å². The van der Waals surface area contributed by atoms with Gasteiger partial charge in [-0.1, -0.05) is 41.9 Å². The SMILES string of the molecule is COc1ccc(S(=O)(=O)N(CC(=O)N[C@H](C)c2ccccc2)c2ccc(Cl)cc2)cc1OC. The van der Waals surface area contributed by atoms with Crippen LogP contribution in [0.2, 0.25) is 5.02 Å². The molecule has 3 rings (SSSR count). The molecule has 3 aromatic carbocycles. The molecule has 0 saturated heterocycles. The van der Waals surface area contributed by atoms with Crippen LogP contribution < -0.4 is 19.1 Å². The van der Waals surface area contributed by atoms with E-state index in [9.17, 15) is 13.2 Å². The van der Waals surface area contributed by atoms with Gasteiger partial charge in [-0.2, -0.15) is 0 Å². The minimum atomic E-state index is -4.13. The van der Waals surface area contributed by atoms with Crippen LogP contribution >= 0.6 is 11.6 Å². The summed E-state index contributed by atoms with van der Waals surface area (Å²) in [5.41, 5.74) is 1.21. The topological polar surface area (TPSA) is 84.9 Å². The maximum atomic E-state index is 13.6. The third kappa shape index (κ3) is 5.77. The molecule has 0 fully saturated rings. The number of hydrogen-bond donors (Lipinski definition) is 1. The third-order valence-corrected chi connectivity index (χ3v) is 7.04. The van der Waals surface area contributed by atoms with Crippen molar-refractivity contribution in [2.45, 2.75) is 17.9 Å². The van der Waals surface area contributed by atoms with Gasteiger partial charge in [0.25, 0.3) is 10.0 Å². The predicted octanol–water partition coefficient (Wildman–Crippen LogP) is 4.43. The molecule has 3 aromatic rings. The number of carbonyl (C=O) groups is 1. The lowest BCUT2D eigenvalue weighted by atomic mass is 10.1. The number of nitrogens with zero attached hydrogens (tertiary/aromatic N) is 1. The maximum Gasteiger partial charge on any atom is 0.264 e. The molecule has 0 saturated carbocycles. The Kier molecular flexibility index (Phi) is 7.84. The standard InChI is InChI=1S/C24H25ClN2O5S/c1-17(18-7-5-4-6-8-18)26-24(28)16-27(20-11-9-19(25)10-12-20)33(29,30)21-13-14-22(31-2)23(15-21)32-3/h4-15,17H,16H2,1-3H3,(H,26,28)/t17-/m1/s1. The molecule has 0 unspecified atom stereocenters. The van der Waals surface area contributed by atoms with Gasteiger partial charge in [-0.15, -0.1) is 0 Å². The van der Waals surface area contributed by atoms with E-state index in [1.165, 1.54) is 32.4 Å². The molecule has 174 valence electrons. The average Bonchev–Trinajstić information content (AvgIpc) is 2.83. The number of hydrogen-bond acceptors (Lipinski definition) is 5. The Morgan fingerprint density at radius 1 is 0.970 bits per heavy atom. The number of anilines is 1. The van der Waals surface area contributed by atoms with E-state index in [0.717, 1.165) is 9.87 Å². The fraction of sp³-hybridized carbons (Fsp3) is 0.208. The second-order valence-corrected chi connectivity index (χ2v) is 9.50. The van der Waals surface area contributed by atoms with Crippen LogP contribution in [-0.2, 0) is 14.8 Å². The first kappa shape index (κ1) is 24.4. The molecule has 7 nitrogen and oxygen atoms in total. The molecule has 0 aliphatic carbocycles. The number of ether oxygens (including phenoxy) is 2. The highest BCUT2D eigenvalue weighted by Crippen LogP contribution is 2.32. The van der Waals surface area contributed by atoms with Crippen LogP contribution in [0.15, 0.2) is 77.7 Å². The first-order valence-corrected chi connectivity index (χ1v) is 11.9. The molecule has 0 radical (unpaired) electrons. The summed E-state index contributed by atoms with van der Waals surface area (Å²) >= 11 is 5.99. The quantitative estimate of drug-likeness (QED) is 0.481. The molecule has 1 amide bonds. The largest absolute Gasteiger partial charge is 0.493 e.